The van der Waals surface area contributed by atoms with Crippen molar-refractivity contribution < 1.29 is 39.6 Å². The van der Waals surface area contributed by atoms with Gasteiger partial charge in [-0.3, -0.25) is 9.59 Å². The minimum absolute atomic E-state index is 0.00206. The van der Waals surface area contributed by atoms with Gasteiger partial charge in [0.25, 0.3) is 10.0 Å². The van der Waals surface area contributed by atoms with Gasteiger partial charge in [-0.05, 0) is 54.2 Å². The van der Waals surface area contributed by atoms with Crippen molar-refractivity contribution in [3.8, 4) is 0 Å². The summed E-state index contributed by atoms with van der Waals surface area (Å²) in [6.07, 6.45) is 3.15. The van der Waals surface area contributed by atoms with Crippen LogP contribution in [0.5, 0.6) is 0 Å². The number of benzene rings is 1. The lowest BCUT2D eigenvalue weighted by atomic mass is 9.73. The number of carbonyl (C=O) groups is 2. The number of ketones is 1. The fourth-order valence-electron chi connectivity index (χ4n) is 6.59. The predicted octanol–water partition coefficient (Wildman–Crippen LogP) is 2.37. The van der Waals surface area contributed by atoms with E-state index in [9.17, 15) is 39.6 Å². The monoisotopic (exact) mass is 616 g/mol. The maximum Gasteiger partial charge on any atom is 0.287 e. The van der Waals surface area contributed by atoms with E-state index in [1.807, 2.05) is 0 Å². The minimum atomic E-state index is -4.43. The lowest BCUT2D eigenvalue weighted by molar-refractivity contribution is -0.153. The summed E-state index contributed by atoms with van der Waals surface area (Å²) in [7, 11) is -8.05. The van der Waals surface area contributed by atoms with Gasteiger partial charge in [0.05, 0.1) is 6.26 Å². The summed E-state index contributed by atoms with van der Waals surface area (Å²) < 4.78 is 97.0. The second-order valence-corrected chi connectivity index (χ2v) is 14.9. The van der Waals surface area contributed by atoms with Gasteiger partial charge in [0.15, 0.2) is 29.2 Å². The highest BCUT2D eigenvalue weighted by molar-refractivity contribution is 7.91. The van der Waals surface area contributed by atoms with Gasteiger partial charge in [0.2, 0.25) is 15.9 Å². The van der Waals surface area contributed by atoms with Crippen molar-refractivity contribution in [1.29, 1.82) is 0 Å². The third-order valence-corrected chi connectivity index (χ3v) is 11.3. The number of likely N-dealkylation sites (tertiary alicyclic amines) is 1. The second-order valence-electron chi connectivity index (χ2n) is 10.6. The van der Waals surface area contributed by atoms with Crippen LogP contribution in [0.2, 0.25) is 0 Å². The van der Waals surface area contributed by atoms with E-state index >= 15 is 0 Å². The summed E-state index contributed by atoms with van der Waals surface area (Å²) >= 11 is 0.954. The first-order valence-corrected chi connectivity index (χ1v) is 16.6. The zero-order valence-corrected chi connectivity index (χ0v) is 23.3. The number of carbonyl (C=O) groups excluding carboxylic acids is 2. The van der Waals surface area contributed by atoms with E-state index in [-0.39, 0.29) is 51.8 Å². The number of nitrogens with zero attached hydrogens (tertiary/aromatic N) is 2. The number of amides is 1. The number of nitrogens with one attached hydrogen (secondary N) is 2. The van der Waals surface area contributed by atoms with Crippen LogP contribution in [0.15, 0.2) is 26.8 Å². The lowest BCUT2D eigenvalue weighted by Gasteiger charge is -2.45. The molecule has 3 fully saturated rings. The molecular weight excluding hydrogens is 593 g/mol. The van der Waals surface area contributed by atoms with Crippen LogP contribution in [-0.2, 0) is 42.7 Å². The van der Waals surface area contributed by atoms with Crippen LogP contribution >= 0.6 is 11.3 Å². The third kappa shape index (κ3) is 4.44. The molecular formula is C24H23F3N4O6S3. The summed E-state index contributed by atoms with van der Waals surface area (Å²) in [5.74, 6) is -8.30. The Morgan fingerprint density at radius 2 is 1.82 bits per heavy atom. The van der Waals surface area contributed by atoms with Gasteiger partial charge >= 0.3 is 0 Å². The number of anilines is 1. The Kier molecular flexibility index (Phi) is 6.40. The molecule has 2 N–H and O–H groups in total. The summed E-state index contributed by atoms with van der Waals surface area (Å²) in [4.78, 5) is 28.8. The van der Waals surface area contributed by atoms with Crippen molar-refractivity contribution in [2.24, 2.45) is 28.1 Å². The summed E-state index contributed by atoms with van der Waals surface area (Å²) in [5, 5.41) is 4.33. The molecule has 2 bridgehead atoms. The van der Waals surface area contributed by atoms with Gasteiger partial charge in [-0.25, -0.2) is 26.3 Å². The zero-order valence-electron chi connectivity index (χ0n) is 20.9. The summed E-state index contributed by atoms with van der Waals surface area (Å²) in [6.45, 7) is -0.601. The molecule has 0 radical (unpaired) electrons. The van der Waals surface area contributed by atoms with Crippen molar-refractivity contribution in [3.05, 3.63) is 46.1 Å². The Balaban J connectivity index is 1.37. The summed E-state index contributed by atoms with van der Waals surface area (Å²) in [5.41, 5.74) is 0.145. The number of piperidine rings is 1. The van der Waals surface area contributed by atoms with E-state index in [2.05, 4.69) is 14.4 Å². The standard InChI is InChI=1S/C24H23F3N4O6S3/c1-39(34,35)28-7-13-9-38-23-21(13)40(36,37)30-22(29-23)17-20(32)16-11-2-3-12(6-11)19(16)31(24(17)33)8-10-4-14(25)18(27)15(26)5-10/h4-5,9,11-12,16-17,19,28H,2-3,6-8H2,1H3,(H,29,30)/t11-,12+,16?,17?,19?/m0/s1. The molecule has 4 aliphatic rings. The van der Waals surface area contributed by atoms with Gasteiger partial charge in [-0.1, -0.05) is 0 Å². The molecule has 3 heterocycles. The number of Topliss-reactive ketones (excluding diaryl/α,β-unsaturated/α-hetero) is 1. The Hall–Kier alpha value is -2.82. The SMILES string of the molecule is CS(=O)(=O)NCc1csc2c1S(=O)(=O)N=C(C1C(=O)C3C([C@@H]4CC[C@H]3C4)N(Cc3cc(F)c(F)c(F)c3)C1=O)N2. The molecule has 5 atom stereocenters. The normalized spacial score (nSPS) is 28.8. The molecule has 1 aromatic carbocycles. The molecule has 1 amide bonds. The number of halogens is 3. The first-order valence-electron chi connectivity index (χ1n) is 12.4. The Morgan fingerprint density at radius 1 is 1.15 bits per heavy atom. The largest absolute Gasteiger partial charge is 0.333 e. The number of fused-ring (bicyclic) bond motifs is 6. The van der Waals surface area contributed by atoms with Crippen LogP contribution in [0.4, 0.5) is 18.2 Å². The molecule has 2 aliphatic heterocycles. The first-order chi connectivity index (χ1) is 18.7. The molecule has 40 heavy (non-hydrogen) atoms. The van der Waals surface area contributed by atoms with Crippen LogP contribution in [-0.4, -0.2) is 51.6 Å². The first kappa shape index (κ1) is 27.4. The quantitative estimate of drug-likeness (QED) is 0.375. The van der Waals surface area contributed by atoms with E-state index in [1.165, 1.54) is 10.3 Å². The number of hydrogen-bond donors (Lipinski definition) is 2. The molecule has 0 spiro atoms. The zero-order chi connectivity index (χ0) is 28.7. The lowest BCUT2D eigenvalue weighted by Crippen LogP contribution is -2.61. The number of thiophene rings is 1. The molecule has 2 aromatic rings. The Morgan fingerprint density at radius 3 is 2.50 bits per heavy atom. The van der Waals surface area contributed by atoms with Crippen molar-refractivity contribution in [1.82, 2.24) is 9.62 Å². The third-order valence-electron chi connectivity index (χ3n) is 8.11. The average molecular weight is 617 g/mol. The molecule has 1 aromatic heterocycles. The van der Waals surface area contributed by atoms with Crippen LogP contribution < -0.4 is 10.0 Å². The maximum atomic E-state index is 14.0. The number of hydrogen-bond acceptors (Lipinski definition) is 8. The van der Waals surface area contributed by atoms with Crippen LogP contribution in [0.3, 0.4) is 0 Å². The van der Waals surface area contributed by atoms with E-state index < -0.39 is 67.1 Å². The van der Waals surface area contributed by atoms with Gasteiger partial charge in [0.1, 0.15) is 15.7 Å². The smallest absolute Gasteiger partial charge is 0.287 e. The van der Waals surface area contributed by atoms with Gasteiger partial charge in [-0.15, -0.1) is 15.7 Å². The fraction of sp³-hybridized carbons (Fsp3) is 0.458. The summed E-state index contributed by atoms with van der Waals surface area (Å²) in [6, 6.07) is 1.06. The fourth-order valence-corrected chi connectivity index (χ4v) is 9.65. The second kappa shape index (κ2) is 9.36. The predicted molar refractivity (Wildman–Crippen MR) is 138 cm³/mol. The molecule has 2 saturated carbocycles. The van der Waals surface area contributed by atoms with Crippen molar-refractivity contribution in [2.75, 3.05) is 11.6 Å². The van der Waals surface area contributed by atoms with Gasteiger partial charge in [-0.2, -0.15) is 8.42 Å². The van der Waals surface area contributed by atoms with Gasteiger partial charge in [0, 0.05) is 30.6 Å². The maximum absolute atomic E-state index is 14.0. The number of sulfonamides is 2. The molecule has 214 valence electrons. The molecule has 16 heteroatoms. The van der Waals surface area contributed by atoms with E-state index in [1.54, 1.807) is 0 Å². The van der Waals surface area contributed by atoms with Gasteiger partial charge < -0.3 is 10.2 Å². The average Bonchev–Trinajstić information content (AvgIpc) is 3.58. The van der Waals surface area contributed by atoms with E-state index in [0.29, 0.717) is 6.42 Å². The van der Waals surface area contributed by atoms with Crippen molar-refractivity contribution in [3.63, 3.8) is 0 Å². The highest BCUT2D eigenvalue weighted by Gasteiger charge is 2.61. The van der Waals surface area contributed by atoms with Crippen LogP contribution in [0, 0.1) is 41.1 Å². The molecule has 6 rings (SSSR count). The molecule has 2 aliphatic carbocycles. The van der Waals surface area contributed by atoms with Crippen LogP contribution in [0.1, 0.15) is 30.4 Å². The Labute approximate surface area is 231 Å². The van der Waals surface area contributed by atoms with E-state index in [0.717, 1.165) is 42.6 Å². The topological polar surface area (TPSA) is 142 Å². The Bertz CT molecular complexity index is 1680. The number of amidine groups is 1. The van der Waals surface area contributed by atoms with Crippen molar-refractivity contribution >= 4 is 53.9 Å². The highest BCUT2D eigenvalue weighted by Crippen LogP contribution is 2.54. The van der Waals surface area contributed by atoms with Crippen LogP contribution in [0.25, 0.3) is 0 Å². The van der Waals surface area contributed by atoms with E-state index in [4.69, 9.17) is 0 Å². The van der Waals surface area contributed by atoms with Crippen molar-refractivity contribution in [2.45, 2.75) is 43.3 Å². The minimum Gasteiger partial charge on any atom is -0.333 e. The molecule has 3 unspecified atom stereocenters. The number of rotatable bonds is 6. The highest BCUT2D eigenvalue weighted by atomic mass is 32.2. The molecule has 10 nitrogen and oxygen atoms in total. The molecule has 1 saturated heterocycles.